The van der Waals surface area contributed by atoms with Gasteiger partial charge in [0.2, 0.25) is 5.91 Å². The lowest BCUT2D eigenvalue weighted by atomic mass is 10.2. The Morgan fingerprint density at radius 1 is 1.17 bits per heavy atom. The van der Waals surface area contributed by atoms with Gasteiger partial charge in [-0.15, -0.1) is 0 Å². The van der Waals surface area contributed by atoms with Crippen molar-refractivity contribution in [3.05, 3.63) is 58.6 Å². The summed E-state index contributed by atoms with van der Waals surface area (Å²) in [6.45, 7) is 1.82. The first-order valence-electron chi connectivity index (χ1n) is 6.73. The molecule has 0 fully saturated rings. The number of benzene rings is 2. The van der Waals surface area contributed by atoms with Crippen molar-refractivity contribution in [2.24, 2.45) is 0 Å². The number of hydrogen-bond donors (Lipinski definition) is 2. The molecule has 0 radical (unpaired) electrons. The van der Waals surface area contributed by atoms with Crippen LogP contribution >= 0.6 is 11.6 Å². The number of anilines is 2. The van der Waals surface area contributed by atoms with E-state index in [-0.39, 0.29) is 17.3 Å². The van der Waals surface area contributed by atoms with Crippen molar-refractivity contribution in [2.75, 3.05) is 17.2 Å². The van der Waals surface area contributed by atoms with Crippen molar-refractivity contribution in [1.82, 2.24) is 0 Å². The molecule has 0 unspecified atom stereocenters. The van der Waals surface area contributed by atoms with E-state index < -0.39 is 17.6 Å². The highest BCUT2D eigenvalue weighted by molar-refractivity contribution is 6.33. The number of carbonyl (C=O) groups excluding carboxylic acids is 1. The number of halogens is 4. The maximum atomic E-state index is 12.7. The molecule has 122 valence electrons. The Labute approximate surface area is 136 Å². The molecule has 2 aromatic carbocycles. The molecule has 0 bridgehead atoms. The van der Waals surface area contributed by atoms with Crippen molar-refractivity contribution < 1.29 is 18.0 Å². The van der Waals surface area contributed by atoms with Crippen LogP contribution in [0.15, 0.2) is 42.5 Å². The van der Waals surface area contributed by atoms with Crippen LogP contribution in [0.5, 0.6) is 0 Å². The van der Waals surface area contributed by atoms with Crippen LogP contribution < -0.4 is 10.6 Å². The molecule has 0 spiro atoms. The van der Waals surface area contributed by atoms with Gasteiger partial charge in [-0.05, 0) is 42.8 Å². The average molecular weight is 343 g/mol. The number of alkyl halides is 3. The van der Waals surface area contributed by atoms with E-state index in [1.807, 2.05) is 25.1 Å². The molecule has 7 heteroatoms. The van der Waals surface area contributed by atoms with Gasteiger partial charge in [0.05, 0.1) is 22.8 Å². The Morgan fingerprint density at radius 2 is 1.91 bits per heavy atom. The van der Waals surface area contributed by atoms with Crippen molar-refractivity contribution in [3.63, 3.8) is 0 Å². The molecular weight excluding hydrogens is 329 g/mol. The van der Waals surface area contributed by atoms with Gasteiger partial charge in [-0.2, -0.15) is 13.2 Å². The molecule has 0 aliphatic heterocycles. The van der Waals surface area contributed by atoms with E-state index in [1.54, 1.807) is 6.07 Å². The van der Waals surface area contributed by atoms with Gasteiger partial charge >= 0.3 is 6.18 Å². The van der Waals surface area contributed by atoms with E-state index in [0.717, 1.165) is 29.4 Å². The third-order valence-electron chi connectivity index (χ3n) is 3.04. The van der Waals surface area contributed by atoms with Gasteiger partial charge in [0.15, 0.2) is 0 Å². The lowest BCUT2D eigenvalue weighted by Crippen LogP contribution is -2.22. The minimum Gasteiger partial charge on any atom is -0.376 e. The third kappa shape index (κ3) is 4.89. The van der Waals surface area contributed by atoms with Crippen LogP contribution in [0.2, 0.25) is 5.02 Å². The predicted octanol–water partition coefficient (Wildman–Crippen LogP) is 4.72. The van der Waals surface area contributed by atoms with Crippen LogP contribution in [0.25, 0.3) is 0 Å². The topological polar surface area (TPSA) is 41.1 Å². The molecule has 0 aliphatic rings. The SMILES string of the molecule is Cc1cccc(NCC(=O)Nc2cc(C(F)(F)F)ccc2Cl)c1. The number of aryl methyl sites for hydroxylation is 1. The Kier molecular flexibility index (Phi) is 5.15. The van der Waals surface area contributed by atoms with Crippen molar-refractivity contribution in [2.45, 2.75) is 13.1 Å². The summed E-state index contributed by atoms with van der Waals surface area (Å²) in [5, 5.41) is 5.31. The molecule has 0 saturated carbocycles. The summed E-state index contributed by atoms with van der Waals surface area (Å²) in [5.41, 5.74) is 0.827. The molecule has 0 saturated heterocycles. The van der Waals surface area contributed by atoms with E-state index in [2.05, 4.69) is 10.6 Å². The third-order valence-corrected chi connectivity index (χ3v) is 3.37. The maximum absolute atomic E-state index is 12.7. The van der Waals surface area contributed by atoms with Gasteiger partial charge in [-0.3, -0.25) is 4.79 Å². The van der Waals surface area contributed by atoms with Gasteiger partial charge < -0.3 is 10.6 Å². The van der Waals surface area contributed by atoms with Gasteiger partial charge in [0, 0.05) is 5.69 Å². The van der Waals surface area contributed by atoms with Crippen LogP contribution in [-0.2, 0) is 11.0 Å². The van der Waals surface area contributed by atoms with Crippen LogP contribution in [-0.4, -0.2) is 12.5 Å². The summed E-state index contributed by atoms with van der Waals surface area (Å²) < 4.78 is 38.0. The van der Waals surface area contributed by atoms with E-state index in [9.17, 15) is 18.0 Å². The second kappa shape index (κ2) is 6.91. The largest absolute Gasteiger partial charge is 0.416 e. The number of nitrogens with one attached hydrogen (secondary N) is 2. The van der Waals surface area contributed by atoms with Gasteiger partial charge in [0.25, 0.3) is 0 Å². The molecule has 0 aliphatic carbocycles. The first kappa shape index (κ1) is 17.1. The number of carbonyl (C=O) groups is 1. The van der Waals surface area contributed by atoms with E-state index in [0.29, 0.717) is 0 Å². The zero-order valence-electron chi connectivity index (χ0n) is 12.2. The summed E-state index contributed by atoms with van der Waals surface area (Å²) >= 11 is 5.83. The Morgan fingerprint density at radius 3 is 2.57 bits per heavy atom. The summed E-state index contributed by atoms with van der Waals surface area (Å²) in [6, 6.07) is 10.2. The lowest BCUT2D eigenvalue weighted by molar-refractivity contribution is -0.137. The van der Waals surface area contributed by atoms with Gasteiger partial charge in [-0.25, -0.2) is 0 Å². The second-order valence-corrected chi connectivity index (χ2v) is 5.37. The minimum absolute atomic E-state index is 0.0434. The predicted molar refractivity (Wildman–Crippen MR) is 84.8 cm³/mol. The van der Waals surface area contributed by atoms with Crippen molar-refractivity contribution >= 4 is 28.9 Å². The summed E-state index contributed by atoms with van der Waals surface area (Å²) in [5.74, 6) is -0.493. The highest BCUT2D eigenvalue weighted by Crippen LogP contribution is 2.33. The first-order valence-corrected chi connectivity index (χ1v) is 7.10. The molecule has 0 heterocycles. The van der Waals surface area contributed by atoms with Crippen LogP contribution in [0, 0.1) is 6.92 Å². The quantitative estimate of drug-likeness (QED) is 0.844. The summed E-state index contributed by atoms with van der Waals surface area (Å²) in [4.78, 5) is 11.9. The smallest absolute Gasteiger partial charge is 0.376 e. The van der Waals surface area contributed by atoms with Crippen molar-refractivity contribution in [3.8, 4) is 0 Å². The number of rotatable bonds is 4. The van der Waals surface area contributed by atoms with Gasteiger partial charge in [0.1, 0.15) is 0 Å². The molecule has 0 aromatic heterocycles. The molecular formula is C16H14ClF3N2O. The molecule has 1 amide bonds. The molecule has 2 N–H and O–H groups in total. The van der Waals surface area contributed by atoms with Crippen molar-refractivity contribution in [1.29, 1.82) is 0 Å². The fraction of sp³-hybridized carbons (Fsp3) is 0.188. The normalized spacial score (nSPS) is 11.2. The maximum Gasteiger partial charge on any atom is 0.416 e. The van der Waals surface area contributed by atoms with E-state index in [4.69, 9.17) is 11.6 Å². The lowest BCUT2D eigenvalue weighted by Gasteiger charge is -2.12. The Bertz CT molecular complexity index is 717. The number of amides is 1. The first-order chi connectivity index (χ1) is 10.8. The highest BCUT2D eigenvalue weighted by atomic mass is 35.5. The zero-order valence-corrected chi connectivity index (χ0v) is 12.9. The Balaban J connectivity index is 2.02. The van der Waals surface area contributed by atoms with Crippen LogP contribution in [0.4, 0.5) is 24.5 Å². The standard InChI is InChI=1S/C16H14ClF3N2O/c1-10-3-2-4-12(7-10)21-9-15(23)22-14-8-11(16(18,19)20)5-6-13(14)17/h2-8,21H,9H2,1H3,(H,22,23). The monoisotopic (exact) mass is 342 g/mol. The molecule has 3 nitrogen and oxygen atoms in total. The summed E-state index contributed by atoms with van der Waals surface area (Å²) in [7, 11) is 0. The molecule has 2 aromatic rings. The minimum atomic E-state index is -4.50. The molecule has 0 atom stereocenters. The van der Waals surface area contributed by atoms with E-state index in [1.165, 1.54) is 0 Å². The van der Waals surface area contributed by atoms with Crippen LogP contribution in [0.1, 0.15) is 11.1 Å². The molecule has 2 rings (SSSR count). The highest BCUT2D eigenvalue weighted by Gasteiger charge is 2.31. The zero-order chi connectivity index (χ0) is 17.0. The van der Waals surface area contributed by atoms with Gasteiger partial charge in [-0.1, -0.05) is 23.7 Å². The fourth-order valence-corrected chi connectivity index (χ4v) is 2.09. The van der Waals surface area contributed by atoms with E-state index >= 15 is 0 Å². The average Bonchev–Trinajstić information content (AvgIpc) is 2.46. The fourth-order valence-electron chi connectivity index (χ4n) is 1.93. The summed E-state index contributed by atoms with van der Waals surface area (Å²) in [6.07, 6.45) is -4.50. The second-order valence-electron chi connectivity index (χ2n) is 4.96. The Hall–Kier alpha value is -2.21. The van der Waals surface area contributed by atoms with Crippen LogP contribution in [0.3, 0.4) is 0 Å². The number of hydrogen-bond acceptors (Lipinski definition) is 2. The molecule has 23 heavy (non-hydrogen) atoms.